The topological polar surface area (TPSA) is 54.9 Å². The van der Waals surface area contributed by atoms with Crippen molar-refractivity contribution in [3.8, 4) is 0 Å². The fourth-order valence-corrected chi connectivity index (χ4v) is 2.04. The molecular formula is C16H19N3O. The van der Waals surface area contributed by atoms with E-state index in [0.717, 1.165) is 24.1 Å². The number of nitrogens with zero attached hydrogens (tertiary/aromatic N) is 2. The van der Waals surface area contributed by atoms with Gasteiger partial charge in [0.15, 0.2) is 0 Å². The number of hydrogen-bond acceptors (Lipinski definition) is 3. The number of nitrogens with one attached hydrogen (secondary N) is 1. The van der Waals surface area contributed by atoms with Crippen LogP contribution in [0.4, 0.5) is 0 Å². The highest BCUT2D eigenvalue weighted by molar-refractivity contribution is 5.92. The largest absolute Gasteiger partial charge is 0.344 e. The van der Waals surface area contributed by atoms with Gasteiger partial charge in [-0.25, -0.2) is 4.98 Å². The number of carbonyl (C=O) groups excluding carboxylic acids is 1. The monoisotopic (exact) mass is 269 g/mol. The zero-order valence-electron chi connectivity index (χ0n) is 11.8. The molecule has 0 saturated heterocycles. The van der Waals surface area contributed by atoms with Crippen LogP contribution in [-0.4, -0.2) is 15.9 Å². The van der Waals surface area contributed by atoms with Gasteiger partial charge in [-0.1, -0.05) is 43.7 Å². The van der Waals surface area contributed by atoms with Gasteiger partial charge in [0, 0.05) is 6.20 Å². The Kier molecular flexibility index (Phi) is 4.82. The first-order chi connectivity index (χ1) is 9.70. The van der Waals surface area contributed by atoms with E-state index in [-0.39, 0.29) is 11.9 Å². The highest BCUT2D eigenvalue weighted by atomic mass is 16.1. The van der Waals surface area contributed by atoms with Gasteiger partial charge in [0.05, 0.1) is 17.9 Å². The molecule has 0 aliphatic rings. The second kappa shape index (κ2) is 6.80. The minimum Gasteiger partial charge on any atom is -0.344 e. The molecule has 4 nitrogen and oxygen atoms in total. The van der Waals surface area contributed by atoms with Crippen LogP contribution in [0.25, 0.3) is 0 Å². The molecule has 2 aromatic rings. The van der Waals surface area contributed by atoms with E-state index >= 15 is 0 Å². The van der Waals surface area contributed by atoms with Crippen molar-refractivity contribution in [2.75, 3.05) is 0 Å². The molecule has 2 rings (SSSR count). The fraction of sp³-hybridized carbons (Fsp3) is 0.312. The van der Waals surface area contributed by atoms with E-state index < -0.39 is 0 Å². The van der Waals surface area contributed by atoms with Crippen molar-refractivity contribution in [1.82, 2.24) is 15.3 Å². The van der Waals surface area contributed by atoms with E-state index in [2.05, 4.69) is 22.2 Å². The third-order valence-corrected chi connectivity index (χ3v) is 3.10. The quantitative estimate of drug-likeness (QED) is 0.907. The summed E-state index contributed by atoms with van der Waals surface area (Å²) in [5, 5.41) is 3.03. The SMILES string of the molecule is CCC[C@@H](NC(=O)c1cnc(C)cn1)c1ccccc1. The van der Waals surface area contributed by atoms with Gasteiger partial charge >= 0.3 is 0 Å². The highest BCUT2D eigenvalue weighted by Gasteiger charge is 2.15. The Labute approximate surface area is 119 Å². The molecule has 1 atom stereocenters. The van der Waals surface area contributed by atoms with Gasteiger partial charge in [-0.15, -0.1) is 0 Å². The third kappa shape index (κ3) is 3.63. The van der Waals surface area contributed by atoms with E-state index in [1.54, 1.807) is 6.20 Å². The number of carbonyl (C=O) groups is 1. The zero-order chi connectivity index (χ0) is 14.4. The van der Waals surface area contributed by atoms with E-state index in [0.29, 0.717) is 5.69 Å². The Hall–Kier alpha value is -2.23. The van der Waals surface area contributed by atoms with Crippen molar-refractivity contribution >= 4 is 5.91 Å². The molecule has 0 aliphatic carbocycles. The van der Waals surface area contributed by atoms with Crippen LogP contribution in [-0.2, 0) is 0 Å². The van der Waals surface area contributed by atoms with Crippen LogP contribution < -0.4 is 5.32 Å². The Morgan fingerprint density at radius 1 is 1.20 bits per heavy atom. The fourth-order valence-electron chi connectivity index (χ4n) is 2.04. The van der Waals surface area contributed by atoms with Crippen LogP contribution in [0.1, 0.15) is 47.6 Å². The smallest absolute Gasteiger partial charge is 0.271 e. The number of benzene rings is 1. The van der Waals surface area contributed by atoms with Gasteiger partial charge in [0.2, 0.25) is 0 Å². The number of aryl methyl sites for hydroxylation is 1. The Bertz CT molecular complexity index is 552. The van der Waals surface area contributed by atoms with Crippen LogP contribution in [0, 0.1) is 6.92 Å². The molecule has 0 radical (unpaired) electrons. The predicted octanol–water partition coefficient (Wildman–Crippen LogP) is 3.06. The van der Waals surface area contributed by atoms with Crippen LogP contribution in [0.3, 0.4) is 0 Å². The van der Waals surface area contributed by atoms with E-state index in [4.69, 9.17) is 0 Å². The van der Waals surface area contributed by atoms with Gasteiger partial charge in [-0.3, -0.25) is 9.78 Å². The highest BCUT2D eigenvalue weighted by Crippen LogP contribution is 2.18. The van der Waals surface area contributed by atoms with Crippen molar-refractivity contribution in [2.45, 2.75) is 32.7 Å². The number of hydrogen-bond donors (Lipinski definition) is 1. The number of amides is 1. The summed E-state index contributed by atoms with van der Waals surface area (Å²) in [6, 6.07) is 10.0. The lowest BCUT2D eigenvalue weighted by Gasteiger charge is -2.18. The molecule has 0 aliphatic heterocycles. The normalized spacial score (nSPS) is 11.9. The maximum atomic E-state index is 12.2. The van der Waals surface area contributed by atoms with E-state index in [1.165, 1.54) is 6.20 Å². The standard InChI is InChI=1S/C16H19N3O/c1-3-7-14(13-8-5-4-6-9-13)19-16(20)15-11-17-12(2)10-18-15/h4-6,8-11,14H,3,7H2,1-2H3,(H,19,20)/t14-/m1/s1. The lowest BCUT2D eigenvalue weighted by Crippen LogP contribution is -2.29. The first-order valence-electron chi connectivity index (χ1n) is 6.85. The zero-order valence-corrected chi connectivity index (χ0v) is 11.8. The van der Waals surface area contributed by atoms with Crippen LogP contribution in [0.15, 0.2) is 42.7 Å². The summed E-state index contributed by atoms with van der Waals surface area (Å²) in [7, 11) is 0. The molecule has 104 valence electrons. The average Bonchev–Trinajstić information content (AvgIpc) is 2.48. The Balaban J connectivity index is 2.12. The molecular weight excluding hydrogens is 250 g/mol. The van der Waals surface area contributed by atoms with Crippen molar-refractivity contribution in [2.24, 2.45) is 0 Å². The van der Waals surface area contributed by atoms with Crippen molar-refractivity contribution in [3.63, 3.8) is 0 Å². The second-order valence-corrected chi connectivity index (χ2v) is 4.77. The van der Waals surface area contributed by atoms with Crippen LogP contribution in [0.5, 0.6) is 0 Å². The van der Waals surface area contributed by atoms with Crippen LogP contribution >= 0.6 is 0 Å². The molecule has 1 N–H and O–H groups in total. The molecule has 1 heterocycles. The third-order valence-electron chi connectivity index (χ3n) is 3.10. The lowest BCUT2D eigenvalue weighted by molar-refractivity contribution is 0.0929. The summed E-state index contributed by atoms with van der Waals surface area (Å²) in [4.78, 5) is 20.4. The molecule has 0 saturated carbocycles. The minimum absolute atomic E-state index is 0.0109. The summed E-state index contributed by atoms with van der Waals surface area (Å²) in [6.45, 7) is 3.95. The molecule has 0 bridgehead atoms. The predicted molar refractivity (Wildman–Crippen MR) is 78.3 cm³/mol. The number of aromatic nitrogens is 2. The van der Waals surface area contributed by atoms with Crippen molar-refractivity contribution in [1.29, 1.82) is 0 Å². The molecule has 20 heavy (non-hydrogen) atoms. The molecule has 1 aromatic carbocycles. The van der Waals surface area contributed by atoms with E-state index in [1.807, 2.05) is 37.3 Å². The van der Waals surface area contributed by atoms with Crippen LogP contribution in [0.2, 0.25) is 0 Å². The van der Waals surface area contributed by atoms with Gasteiger partial charge < -0.3 is 5.32 Å². The average molecular weight is 269 g/mol. The second-order valence-electron chi connectivity index (χ2n) is 4.77. The first kappa shape index (κ1) is 14.2. The minimum atomic E-state index is -0.181. The Morgan fingerprint density at radius 3 is 2.55 bits per heavy atom. The van der Waals surface area contributed by atoms with E-state index in [9.17, 15) is 4.79 Å². The first-order valence-corrected chi connectivity index (χ1v) is 6.85. The van der Waals surface area contributed by atoms with Crippen molar-refractivity contribution < 1.29 is 4.79 Å². The molecule has 0 unspecified atom stereocenters. The maximum absolute atomic E-state index is 12.2. The summed E-state index contributed by atoms with van der Waals surface area (Å²) < 4.78 is 0. The molecule has 4 heteroatoms. The molecule has 0 fully saturated rings. The molecule has 1 amide bonds. The van der Waals surface area contributed by atoms with Crippen molar-refractivity contribution in [3.05, 3.63) is 59.7 Å². The van der Waals surface area contributed by atoms with Gasteiger partial charge in [-0.05, 0) is 18.9 Å². The van der Waals surface area contributed by atoms with Gasteiger partial charge in [0.25, 0.3) is 5.91 Å². The van der Waals surface area contributed by atoms with Gasteiger partial charge in [-0.2, -0.15) is 0 Å². The summed E-state index contributed by atoms with van der Waals surface area (Å²) in [6.07, 6.45) is 5.01. The summed E-state index contributed by atoms with van der Waals surface area (Å²) in [5.74, 6) is -0.181. The Morgan fingerprint density at radius 2 is 1.95 bits per heavy atom. The summed E-state index contributed by atoms with van der Waals surface area (Å²) >= 11 is 0. The van der Waals surface area contributed by atoms with Gasteiger partial charge in [0.1, 0.15) is 5.69 Å². The maximum Gasteiger partial charge on any atom is 0.271 e. The molecule has 0 spiro atoms. The number of rotatable bonds is 5. The molecule has 1 aromatic heterocycles. The summed E-state index contributed by atoms with van der Waals surface area (Å²) in [5.41, 5.74) is 2.27. The lowest BCUT2D eigenvalue weighted by atomic mass is 10.0.